The number of imidazole rings is 1. The first-order valence-corrected chi connectivity index (χ1v) is 8.15. The van der Waals surface area contributed by atoms with Gasteiger partial charge in [0.1, 0.15) is 24.2 Å². The predicted octanol–water partition coefficient (Wildman–Crippen LogP) is 1.48. The van der Waals surface area contributed by atoms with Crippen molar-refractivity contribution in [2.24, 2.45) is 0 Å². The number of carboxylic acids is 1. The highest BCUT2D eigenvalue weighted by molar-refractivity contribution is 6.01. The first-order chi connectivity index (χ1) is 12.6. The summed E-state index contributed by atoms with van der Waals surface area (Å²) < 4.78 is 7.54. The van der Waals surface area contributed by atoms with E-state index < -0.39 is 24.0 Å². The van der Waals surface area contributed by atoms with Crippen molar-refractivity contribution < 1.29 is 19.4 Å². The van der Waals surface area contributed by atoms with E-state index >= 15 is 0 Å². The lowest BCUT2D eigenvalue weighted by Crippen LogP contribution is -2.40. The van der Waals surface area contributed by atoms with Gasteiger partial charge in [-0.2, -0.15) is 0 Å². The Morgan fingerprint density at radius 2 is 2.00 bits per heavy atom. The van der Waals surface area contributed by atoms with Gasteiger partial charge in [0.25, 0.3) is 5.91 Å². The number of carbonyl (C=O) groups is 2. The molecule has 0 saturated carbocycles. The van der Waals surface area contributed by atoms with Crippen LogP contribution < -0.4 is 4.74 Å². The van der Waals surface area contributed by atoms with Gasteiger partial charge in [-0.25, -0.2) is 9.78 Å². The number of aliphatic carboxylic acids is 1. The number of ether oxygens (including phenoxy) is 1. The van der Waals surface area contributed by atoms with E-state index in [4.69, 9.17) is 4.74 Å². The Balaban J connectivity index is 1.59. The predicted molar refractivity (Wildman–Crippen MR) is 90.9 cm³/mol. The van der Waals surface area contributed by atoms with Gasteiger partial charge in [0.15, 0.2) is 5.69 Å². The zero-order valence-electron chi connectivity index (χ0n) is 13.7. The Labute approximate surface area is 148 Å². The average molecular weight is 352 g/mol. The molecule has 0 aliphatic carbocycles. The van der Waals surface area contributed by atoms with E-state index in [0.717, 1.165) is 0 Å². The highest BCUT2D eigenvalue weighted by Crippen LogP contribution is 2.25. The molecule has 0 radical (unpaired) electrons. The van der Waals surface area contributed by atoms with E-state index in [9.17, 15) is 14.7 Å². The van der Waals surface area contributed by atoms with E-state index in [0.29, 0.717) is 11.3 Å². The second-order valence-corrected chi connectivity index (χ2v) is 6.06. The van der Waals surface area contributed by atoms with Gasteiger partial charge in [0.05, 0.1) is 12.1 Å². The van der Waals surface area contributed by atoms with E-state index in [1.165, 1.54) is 4.90 Å². The van der Waals surface area contributed by atoms with Crippen LogP contribution in [0.5, 0.6) is 5.75 Å². The topological polar surface area (TPSA) is 97.0 Å². The first-order valence-electron chi connectivity index (χ1n) is 8.15. The van der Waals surface area contributed by atoms with Crippen LogP contribution in [0.2, 0.25) is 0 Å². The number of hydrogen-bond donors (Lipinski definition) is 1. The van der Waals surface area contributed by atoms with E-state index in [1.807, 2.05) is 12.1 Å². The van der Waals surface area contributed by atoms with Crippen molar-refractivity contribution in [3.63, 3.8) is 0 Å². The normalized spacial score (nSPS) is 19.6. The highest BCUT2D eigenvalue weighted by Gasteiger charge is 2.42. The fraction of sp³-hybridized carbons (Fsp3) is 0.222. The van der Waals surface area contributed by atoms with Crippen molar-refractivity contribution in [3.8, 4) is 5.75 Å². The Hall–Kier alpha value is -3.42. The van der Waals surface area contributed by atoms with E-state index in [-0.39, 0.29) is 18.7 Å². The standard InChI is InChI=1S/C18H16N4O4/c23-17(16-14-3-1-2-8-21(14)11-20-16)22-10-13(9-15(22)18(24)25)26-12-4-6-19-7-5-12/h1-8,11,13,15H,9-10H2,(H,24,25)/t13-,15-/m0/s1. The number of aromatic nitrogens is 3. The third-order valence-corrected chi connectivity index (χ3v) is 4.41. The summed E-state index contributed by atoms with van der Waals surface area (Å²) in [5.74, 6) is -0.870. The minimum absolute atomic E-state index is 0.185. The number of fused-ring (bicyclic) bond motifs is 1. The van der Waals surface area contributed by atoms with Crippen LogP contribution in [0.4, 0.5) is 0 Å². The number of likely N-dealkylation sites (tertiary alicyclic amines) is 1. The summed E-state index contributed by atoms with van der Waals surface area (Å²) in [6, 6.07) is 7.86. The van der Waals surface area contributed by atoms with Crippen molar-refractivity contribution >= 4 is 17.4 Å². The van der Waals surface area contributed by atoms with Crippen molar-refractivity contribution in [3.05, 3.63) is 60.9 Å². The van der Waals surface area contributed by atoms with Gasteiger partial charge in [-0.1, -0.05) is 6.07 Å². The first kappa shape index (κ1) is 16.1. The SMILES string of the molecule is O=C(O)[C@@H]1C[C@H](Oc2ccncc2)CN1C(=O)c1ncn2ccccc12. The van der Waals surface area contributed by atoms with Gasteiger partial charge in [-0.3, -0.25) is 9.78 Å². The summed E-state index contributed by atoms with van der Waals surface area (Å²) >= 11 is 0. The maximum absolute atomic E-state index is 13.0. The second-order valence-electron chi connectivity index (χ2n) is 6.06. The molecule has 0 unspecified atom stereocenters. The maximum Gasteiger partial charge on any atom is 0.326 e. The van der Waals surface area contributed by atoms with Gasteiger partial charge in [-0.05, 0) is 24.3 Å². The van der Waals surface area contributed by atoms with Crippen molar-refractivity contribution in [1.82, 2.24) is 19.3 Å². The number of rotatable bonds is 4. The van der Waals surface area contributed by atoms with Crippen LogP contribution in [-0.2, 0) is 4.79 Å². The van der Waals surface area contributed by atoms with Crippen LogP contribution in [0.3, 0.4) is 0 Å². The Morgan fingerprint density at radius 1 is 1.19 bits per heavy atom. The summed E-state index contributed by atoms with van der Waals surface area (Å²) in [4.78, 5) is 34.0. The lowest BCUT2D eigenvalue weighted by molar-refractivity contribution is -0.141. The Morgan fingerprint density at radius 3 is 2.77 bits per heavy atom. The lowest BCUT2D eigenvalue weighted by Gasteiger charge is -2.20. The van der Waals surface area contributed by atoms with Gasteiger partial charge >= 0.3 is 5.97 Å². The van der Waals surface area contributed by atoms with Crippen LogP contribution in [0.25, 0.3) is 5.52 Å². The molecule has 0 spiro atoms. The molecular weight excluding hydrogens is 336 g/mol. The monoisotopic (exact) mass is 352 g/mol. The lowest BCUT2D eigenvalue weighted by atomic mass is 10.2. The smallest absolute Gasteiger partial charge is 0.326 e. The minimum atomic E-state index is -1.05. The molecule has 1 fully saturated rings. The quantitative estimate of drug-likeness (QED) is 0.764. The molecule has 4 rings (SSSR count). The molecule has 132 valence electrons. The largest absolute Gasteiger partial charge is 0.488 e. The molecule has 8 heteroatoms. The summed E-state index contributed by atoms with van der Waals surface area (Å²) in [7, 11) is 0. The third kappa shape index (κ3) is 2.85. The molecule has 3 aromatic rings. The minimum Gasteiger partial charge on any atom is -0.488 e. The van der Waals surface area contributed by atoms with Gasteiger partial charge in [-0.15, -0.1) is 0 Å². The molecule has 1 amide bonds. The van der Waals surface area contributed by atoms with Crippen LogP contribution in [0.15, 0.2) is 55.2 Å². The molecule has 3 aromatic heterocycles. The molecule has 0 aromatic carbocycles. The number of hydrogen-bond acceptors (Lipinski definition) is 5. The van der Waals surface area contributed by atoms with Crippen molar-refractivity contribution in [2.75, 3.05) is 6.54 Å². The molecule has 4 heterocycles. The van der Waals surface area contributed by atoms with Gasteiger partial charge in [0.2, 0.25) is 0 Å². The zero-order valence-corrected chi connectivity index (χ0v) is 13.7. The van der Waals surface area contributed by atoms with Crippen molar-refractivity contribution in [1.29, 1.82) is 0 Å². The second kappa shape index (κ2) is 6.47. The fourth-order valence-electron chi connectivity index (χ4n) is 3.19. The number of carboxylic acid groups (broad SMARTS) is 1. The molecule has 0 bridgehead atoms. The van der Waals surface area contributed by atoms with Crippen LogP contribution in [-0.4, -0.2) is 54.9 Å². The summed E-state index contributed by atoms with van der Waals surface area (Å²) in [5, 5.41) is 9.54. The molecule has 1 aliphatic rings. The number of carbonyl (C=O) groups excluding carboxylic acids is 1. The summed E-state index contributed by atoms with van der Waals surface area (Å²) in [6.07, 6.45) is 6.33. The summed E-state index contributed by atoms with van der Waals surface area (Å²) in [5.41, 5.74) is 0.876. The zero-order chi connectivity index (χ0) is 18.1. The number of pyridine rings is 2. The molecule has 1 aliphatic heterocycles. The Kier molecular flexibility index (Phi) is 4.00. The fourth-order valence-corrected chi connectivity index (χ4v) is 3.19. The van der Waals surface area contributed by atoms with Crippen LogP contribution >= 0.6 is 0 Å². The molecule has 1 N–H and O–H groups in total. The molecular formula is C18H16N4O4. The molecule has 2 atom stereocenters. The highest BCUT2D eigenvalue weighted by atomic mass is 16.5. The van der Waals surface area contributed by atoms with E-state index in [1.54, 1.807) is 47.5 Å². The van der Waals surface area contributed by atoms with Crippen LogP contribution in [0, 0.1) is 0 Å². The third-order valence-electron chi connectivity index (χ3n) is 4.41. The van der Waals surface area contributed by atoms with Gasteiger partial charge in [0, 0.05) is 25.0 Å². The maximum atomic E-state index is 13.0. The molecule has 1 saturated heterocycles. The number of nitrogens with zero attached hydrogens (tertiary/aromatic N) is 4. The van der Waals surface area contributed by atoms with Crippen LogP contribution in [0.1, 0.15) is 16.9 Å². The van der Waals surface area contributed by atoms with Crippen molar-refractivity contribution in [2.45, 2.75) is 18.6 Å². The van der Waals surface area contributed by atoms with E-state index in [2.05, 4.69) is 9.97 Å². The Bertz CT molecular complexity index is 956. The molecule has 26 heavy (non-hydrogen) atoms. The molecule has 8 nitrogen and oxygen atoms in total. The number of amides is 1. The average Bonchev–Trinajstić information content (AvgIpc) is 3.26. The van der Waals surface area contributed by atoms with Gasteiger partial charge < -0.3 is 19.1 Å². The summed E-state index contributed by atoms with van der Waals surface area (Å²) in [6.45, 7) is 0.185.